The Hall–Kier alpha value is -0.170. The van der Waals surface area contributed by atoms with Crippen LogP contribution in [0.15, 0.2) is 0 Å². The average Bonchev–Trinajstić information content (AvgIpc) is 2.72. The summed E-state index contributed by atoms with van der Waals surface area (Å²) in [5, 5.41) is 3.34. The van der Waals surface area contributed by atoms with Crippen LogP contribution in [0.5, 0.6) is 0 Å². The van der Waals surface area contributed by atoms with E-state index in [0.29, 0.717) is 13.1 Å². The topological polar surface area (TPSA) is 58.6 Å². The van der Waals surface area contributed by atoms with Gasteiger partial charge in [-0.1, -0.05) is 0 Å². The summed E-state index contributed by atoms with van der Waals surface area (Å²) in [7, 11) is -1.57. The second-order valence-corrected chi connectivity index (χ2v) is 7.23. The van der Waals surface area contributed by atoms with Gasteiger partial charge >= 0.3 is 0 Å². The van der Waals surface area contributed by atoms with Crippen molar-refractivity contribution in [3.63, 3.8) is 0 Å². The number of nitrogens with one attached hydrogen (secondary N) is 1. The highest BCUT2D eigenvalue weighted by atomic mass is 32.2. The molecular weight excluding hydrogens is 240 g/mol. The first-order chi connectivity index (χ1) is 8.08. The molecule has 17 heavy (non-hydrogen) atoms. The molecule has 0 radical (unpaired) electrons. The minimum atomic E-state index is -3.11. The maximum Gasteiger partial charge on any atom is 0.216 e. The van der Waals surface area contributed by atoms with Crippen molar-refractivity contribution in [1.29, 1.82) is 0 Å². The molecule has 0 atom stereocenters. The summed E-state index contributed by atoms with van der Waals surface area (Å²) < 4.78 is 30.6. The van der Waals surface area contributed by atoms with E-state index in [0.717, 1.165) is 32.4 Å². The van der Waals surface area contributed by atoms with Crippen LogP contribution in [-0.4, -0.2) is 58.4 Å². The summed E-state index contributed by atoms with van der Waals surface area (Å²) in [6, 6.07) is 0. The summed E-state index contributed by atoms with van der Waals surface area (Å²) in [4.78, 5) is 0. The first-order valence-corrected chi connectivity index (χ1v) is 7.86. The SMILES string of the molecule is COCCS(=O)(=O)N1CCC2(CCNCC2)C1. The Labute approximate surface area is 104 Å². The molecule has 1 N–H and O–H groups in total. The van der Waals surface area contributed by atoms with Gasteiger partial charge in [0, 0.05) is 20.2 Å². The molecule has 2 aliphatic rings. The van der Waals surface area contributed by atoms with Crippen LogP contribution >= 0.6 is 0 Å². The Balaban J connectivity index is 1.96. The lowest BCUT2D eigenvalue weighted by atomic mass is 9.78. The maximum atomic E-state index is 12.0. The third-order valence-electron chi connectivity index (χ3n) is 4.01. The molecule has 0 aromatic rings. The second kappa shape index (κ2) is 5.22. The summed E-state index contributed by atoms with van der Waals surface area (Å²) in [5.74, 6) is 0.109. The molecule has 0 unspecified atom stereocenters. The normalized spacial score (nSPS) is 25.5. The molecule has 0 saturated carbocycles. The summed E-state index contributed by atoms with van der Waals surface area (Å²) in [6.45, 7) is 3.72. The van der Waals surface area contributed by atoms with Crippen LogP contribution in [0, 0.1) is 5.41 Å². The third kappa shape index (κ3) is 2.99. The van der Waals surface area contributed by atoms with Crippen molar-refractivity contribution < 1.29 is 13.2 Å². The monoisotopic (exact) mass is 262 g/mol. The molecule has 0 bridgehead atoms. The number of sulfonamides is 1. The number of hydrogen-bond acceptors (Lipinski definition) is 4. The van der Waals surface area contributed by atoms with Gasteiger partial charge in [-0.3, -0.25) is 0 Å². The van der Waals surface area contributed by atoms with Crippen LogP contribution in [0.4, 0.5) is 0 Å². The lowest BCUT2D eigenvalue weighted by Crippen LogP contribution is -2.40. The molecule has 0 amide bonds. The van der Waals surface area contributed by atoms with E-state index in [4.69, 9.17) is 4.74 Å². The Bertz CT molecular complexity index is 350. The highest BCUT2D eigenvalue weighted by Gasteiger charge is 2.42. The summed E-state index contributed by atoms with van der Waals surface area (Å²) in [6.07, 6.45) is 3.22. The fraction of sp³-hybridized carbons (Fsp3) is 1.00. The number of piperidine rings is 1. The zero-order valence-corrected chi connectivity index (χ0v) is 11.3. The van der Waals surface area contributed by atoms with Gasteiger partial charge in [0.25, 0.3) is 0 Å². The molecule has 0 aromatic carbocycles. The van der Waals surface area contributed by atoms with Crippen molar-refractivity contribution >= 4 is 10.0 Å². The van der Waals surface area contributed by atoms with Gasteiger partial charge in [0.05, 0.1) is 12.4 Å². The van der Waals surface area contributed by atoms with Crippen molar-refractivity contribution in [2.45, 2.75) is 19.3 Å². The van der Waals surface area contributed by atoms with Gasteiger partial charge in [0.2, 0.25) is 10.0 Å². The van der Waals surface area contributed by atoms with Crippen molar-refractivity contribution in [3.05, 3.63) is 0 Å². The van der Waals surface area contributed by atoms with E-state index >= 15 is 0 Å². The summed E-state index contributed by atoms with van der Waals surface area (Å²) >= 11 is 0. The molecule has 5 nitrogen and oxygen atoms in total. The third-order valence-corrected chi connectivity index (χ3v) is 5.79. The van der Waals surface area contributed by atoms with Crippen molar-refractivity contribution in [2.24, 2.45) is 5.41 Å². The molecule has 2 saturated heterocycles. The molecule has 100 valence electrons. The largest absolute Gasteiger partial charge is 0.384 e. The van der Waals surface area contributed by atoms with E-state index in [-0.39, 0.29) is 17.8 Å². The molecule has 2 rings (SSSR count). The fourth-order valence-corrected chi connectivity index (χ4v) is 4.29. The molecule has 6 heteroatoms. The van der Waals surface area contributed by atoms with E-state index < -0.39 is 10.0 Å². The molecule has 0 aliphatic carbocycles. The highest BCUT2D eigenvalue weighted by Crippen LogP contribution is 2.39. The number of rotatable bonds is 4. The number of hydrogen-bond donors (Lipinski definition) is 1. The highest BCUT2D eigenvalue weighted by molar-refractivity contribution is 7.89. The van der Waals surface area contributed by atoms with Crippen LogP contribution in [0.25, 0.3) is 0 Å². The molecular formula is C11H22N2O3S. The van der Waals surface area contributed by atoms with Crippen molar-refractivity contribution in [2.75, 3.05) is 45.6 Å². The van der Waals surface area contributed by atoms with E-state index in [1.165, 1.54) is 7.11 Å². The average molecular weight is 262 g/mol. The van der Waals surface area contributed by atoms with Gasteiger partial charge in [-0.2, -0.15) is 0 Å². The molecule has 2 aliphatic heterocycles. The zero-order valence-electron chi connectivity index (χ0n) is 10.4. The van der Waals surface area contributed by atoms with Crippen molar-refractivity contribution in [1.82, 2.24) is 9.62 Å². The first-order valence-electron chi connectivity index (χ1n) is 6.26. The Morgan fingerprint density at radius 2 is 2.00 bits per heavy atom. The van der Waals surface area contributed by atoms with Crippen LogP contribution in [0.1, 0.15) is 19.3 Å². The van der Waals surface area contributed by atoms with Crippen LogP contribution in [0.3, 0.4) is 0 Å². The molecule has 2 fully saturated rings. The van der Waals surface area contributed by atoms with E-state index in [1.54, 1.807) is 4.31 Å². The first kappa shape index (κ1) is 13.3. The van der Waals surface area contributed by atoms with Gasteiger partial charge in [-0.25, -0.2) is 12.7 Å². The van der Waals surface area contributed by atoms with Gasteiger partial charge in [0.1, 0.15) is 0 Å². The summed E-state index contributed by atoms with van der Waals surface area (Å²) in [5.41, 5.74) is 0.241. The van der Waals surface area contributed by atoms with Gasteiger partial charge in [0.15, 0.2) is 0 Å². The molecule has 0 aromatic heterocycles. The standard InChI is InChI=1S/C11H22N2O3S/c1-16-8-9-17(14,15)13-7-4-11(10-13)2-5-12-6-3-11/h12H,2-10H2,1H3. The maximum absolute atomic E-state index is 12.0. The predicted octanol–water partition coefficient (Wildman–Crippen LogP) is 0.0381. The van der Waals surface area contributed by atoms with Crippen molar-refractivity contribution in [3.8, 4) is 0 Å². The van der Waals surface area contributed by atoms with Gasteiger partial charge in [-0.15, -0.1) is 0 Å². The smallest absolute Gasteiger partial charge is 0.216 e. The predicted molar refractivity (Wildman–Crippen MR) is 66.4 cm³/mol. The lowest BCUT2D eigenvalue weighted by Gasteiger charge is -2.33. The van der Waals surface area contributed by atoms with Gasteiger partial charge in [-0.05, 0) is 37.8 Å². The fourth-order valence-electron chi connectivity index (χ4n) is 2.81. The van der Waals surface area contributed by atoms with Crippen LogP contribution < -0.4 is 5.32 Å². The quantitative estimate of drug-likeness (QED) is 0.777. The minimum absolute atomic E-state index is 0.109. The second-order valence-electron chi connectivity index (χ2n) is 5.14. The van der Waals surface area contributed by atoms with Crippen LogP contribution in [-0.2, 0) is 14.8 Å². The number of nitrogens with zero attached hydrogens (tertiary/aromatic N) is 1. The van der Waals surface area contributed by atoms with Crippen LogP contribution in [0.2, 0.25) is 0 Å². The number of methoxy groups -OCH3 is 1. The Morgan fingerprint density at radius 1 is 1.29 bits per heavy atom. The molecule has 2 heterocycles. The Kier molecular flexibility index (Phi) is 4.07. The lowest BCUT2D eigenvalue weighted by molar-refractivity contribution is 0.211. The van der Waals surface area contributed by atoms with Gasteiger partial charge < -0.3 is 10.1 Å². The minimum Gasteiger partial charge on any atom is -0.384 e. The Morgan fingerprint density at radius 3 is 2.65 bits per heavy atom. The number of ether oxygens (including phenoxy) is 1. The molecule has 1 spiro atoms. The zero-order chi connectivity index (χ0) is 12.4. The van der Waals surface area contributed by atoms with E-state index in [2.05, 4.69) is 5.32 Å². The van der Waals surface area contributed by atoms with E-state index in [1.807, 2.05) is 0 Å². The van der Waals surface area contributed by atoms with E-state index in [9.17, 15) is 8.42 Å².